The molecule has 3 nitrogen and oxygen atoms in total. The first-order valence-electron chi connectivity index (χ1n) is 6.66. The summed E-state index contributed by atoms with van der Waals surface area (Å²) < 4.78 is 0. The maximum absolute atomic E-state index is 11.5. The second-order valence-electron chi connectivity index (χ2n) is 5.07. The van der Waals surface area contributed by atoms with Crippen LogP contribution in [0, 0.1) is 5.92 Å². The first kappa shape index (κ1) is 16.9. The van der Waals surface area contributed by atoms with E-state index in [1.165, 1.54) is 5.57 Å². The molecular formula is C15H27NO2. The van der Waals surface area contributed by atoms with Crippen LogP contribution >= 0.6 is 0 Å². The molecule has 18 heavy (non-hydrogen) atoms. The third kappa shape index (κ3) is 8.99. The Bertz CT molecular complexity index is 302. The van der Waals surface area contributed by atoms with Crippen molar-refractivity contribution in [2.75, 3.05) is 13.2 Å². The van der Waals surface area contributed by atoms with E-state index in [0.29, 0.717) is 12.5 Å². The van der Waals surface area contributed by atoms with Gasteiger partial charge < -0.3 is 10.4 Å². The molecule has 0 aliphatic carbocycles. The quantitative estimate of drug-likeness (QED) is 0.516. The minimum Gasteiger partial charge on any atom is -0.395 e. The lowest BCUT2D eigenvalue weighted by Crippen LogP contribution is -2.27. The van der Waals surface area contributed by atoms with Gasteiger partial charge in [-0.1, -0.05) is 24.6 Å². The Kier molecular flexibility index (Phi) is 9.29. The Balaban J connectivity index is 3.96. The van der Waals surface area contributed by atoms with E-state index in [1.807, 2.05) is 13.0 Å². The monoisotopic (exact) mass is 253 g/mol. The molecule has 0 saturated heterocycles. The molecule has 0 unspecified atom stereocenters. The van der Waals surface area contributed by atoms with Gasteiger partial charge in [0.2, 0.25) is 5.91 Å². The number of rotatable bonds is 8. The minimum absolute atomic E-state index is 0.0157. The van der Waals surface area contributed by atoms with E-state index in [2.05, 4.69) is 32.2 Å². The van der Waals surface area contributed by atoms with E-state index in [-0.39, 0.29) is 12.5 Å². The van der Waals surface area contributed by atoms with Crippen molar-refractivity contribution in [2.45, 2.75) is 47.0 Å². The molecule has 0 aliphatic heterocycles. The van der Waals surface area contributed by atoms with E-state index >= 15 is 0 Å². The van der Waals surface area contributed by atoms with Gasteiger partial charge in [0.15, 0.2) is 0 Å². The maximum atomic E-state index is 11.5. The van der Waals surface area contributed by atoms with E-state index in [4.69, 9.17) is 5.11 Å². The summed E-state index contributed by atoms with van der Waals surface area (Å²) in [7, 11) is 0. The van der Waals surface area contributed by atoms with Crippen LogP contribution in [0.15, 0.2) is 23.3 Å². The lowest BCUT2D eigenvalue weighted by Gasteiger charge is -2.08. The predicted molar refractivity (Wildman–Crippen MR) is 76.3 cm³/mol. The number of aliphatic hydroxyl groups excluding tert-OH is 1. The Morgan fingerprint density at radius 2 is 1.94 bits per heavy atom. The molecule has 0 bridgehead atoms. The largest absolute Gasteiger partial charge is 0.395 e. The van der Waals surface area contributed by atoms with Crippen molar-refractivity contribution in [3.63, 3.8) is 0 Å². The molecule has 0 aliphatic rings. The second kappa shape index (κ2) is 9.89. The summed E-state index contributed by atoms with van der Waals surface area (Å²) in [6.45, 7) is 8.54. The van der Waals surface area contributed by atoms with Gasteiger partial charge in [0.25, 0.3) is 0 Å². The summed E-state index contributed by atoms with van der Waals surface area (Å²) in [6.07, 6.45) is 7.41. The Morgan fingerprint density at radius 3 is 2.50 bits per heavy atom. The first-order chi connectivity index (χ1) is 8.47. The molecule has 0 saturated carbocycles. The molecule has 2 N–H and O–H groups in total. The van der Waals surface area contributed by atoms with Gasteiger partial charge in [-0.3, -0.25) is 4.79 Å². The first-order valence-corrected chi connectivity index (χ1v) is 6.66. The highest BCUT2D eigenvalue weighted by Gasteiger charge is 2.04. The zero-order valence-electron chi connectivity index (χ0n) is 12.1. The number of nitrogens with one attached hydrogen (secondary N) is 1. The number of allylic oxidation sites excluding steroid dienone is 3. The topological polar surface area (TPSA) is 49.3 Å². The molecule has 3 heteroatoms. The van der Waals surface area contributed by atoms with Crippen LogP contribution < -0.4 is 5.32 Å². The minimum atomic E-state index is -0.0828. The van der Waals surface area contributed by atoms with Gasteiger partial charge in [-0.25, -0.2) is 0 Å². The van der Waals surface area contributed by atoms with Gasteiger partial charge in [0, 0.05) is 12.1 Å². The van der Waals surface area contributed by atoms with Crippen LogP contribution in [0.2, 0.25) is 0 Å². The summed E-state index contributed by atoms with van der Waals surface area (Å²) in [5.74, 6) is 0.502. The molecule has 0 aromatic heterocycles. The molecule has 1 atom stereocenters. The highest BCUT2D eigenvalue weighted by Crippen LogP contribution is 2.13. The molecular weight excluding hydrogens is 226 g/mol. The number of hydrogen-bond donors (Lipinski definition) is 2. The molecule has 0 spiro atoms. The molecule has 1 amide bonds. The normalized spacial score (nSPS) is 13.1. The Hall–Kier alpha value is -1.09. The molecule has 0 aromatic carbocycles. The number of carbonyl (C=O) groups excluding carboxylic acids is 1. The average Bonchev–Trinajstić information content (AvgIpc) is 2.32. The van der Waals surface area contributed by atoms with E-state index in [1.54, 1.807) is 0 Å². The third-order valence-corrected chi connectivity index (χ3v) is 2.79. The van der Waals surface area contributed by atoms with E-state index in [0.717, 1.165) is 24.8 Å². The number of amides is 1. The highest BCUT2D eigenvalue weighted by molar-refractivity contribution is 5.92. The standard InChI is InChI=1S/C15H27NO2/c1-12(2)6-5-7-13(3)8-9-14(4)15(18)16-10-11-17/h6,9,13,17H,5,7-8,10-11H2,1-4H3,(H,16,18)/b14-9+/t13-/m0/s1. The lowest BCUT2D eigenvalue weighted by atomic mass is 9.99. The second-order valence-corrected chi connectivity index (χ2v) is 5.07. The van der Waals surface area contributed by atoms with Gasteiger partial charge in [0.1, 0.15) is 0 Å². The van der Waals surface area contributed by atoms with Gasteiger partial charge in [-0.15, -0.1) is 0 Å². The van der Waals surface area contributed by atoms with Crippen molar-refractivity contribution in [1.29, 1.82) is 0 Å². The summed E-state index contributed by atoms with van der Waals surface area (Å²) in [6, 6.07) is 0. The smallest absolute Gasteiger partial charge is 0.246 e. The van der Waals surface area contributed by atoms with Crippen molar-refractivity contribution in [1.82, 2.24) is 5.32 Å². The van der Waals surface area contributed by atoms with Crippen molar-refractivity contribution in [2.24, 2.45) is 5.92 Å². The summed E-state index contributed by atoms with van der Waals surface area (Å²) in [5.41, 5.74) is 2.09. The fourth-order valence-electron chi connectivity index (χ4n) is 1.55. The van der Waals surface area contributed by atoms with Crippen LogP contribution in [0.25, 0.3) is 0 Å². The van der Waals surface area contributed by atoms with Crippen LogP contribution in [0.3, 0.4) is 0 Å². The third-order valence-electron chi connectivity index (χ3n) is 2.79. The Labute approximate surface area is 111 Å². The fraction of sp³-hybridized carbons (Fsp3) is 0.667. The zero-order chi connectivity index (χ0) is 14.0. The lowest BCUT2D eigenvalue weighted by molar-refractivity contribution is -0.117. The molecule has 0 fully saturated rings. The molecule has 0 rings (SSSR count). The maximum Gasteiger partial charge on any atom is 0.246 e. The van der Waals surface area contributed by atoms with Gasteiger partial charge in [-0.2, -0.15) is 0 Å². The van der Waals surface area contributed by atoms with Crippen LogP contribution in [0.1, 0.15) is 47.0 Å². The van der Waals surface area contributed by atoms with E-state index < -0.39 is 0 Å². The van der Waals surface area contributed by atoms with Crippen molar-refractivity contribution in [3.05, 3.63) is 23.3 Å². The SMILES string of the molecule is CC(C)=CCC[C@H](C)C/C=C(\C)C(=O)NCCO. The number of aliphatic hydroxyl groups is 1. The molecule has 0 radical (unpaired) electrons. The van der Waals surface area contributed by atoms with Crippen LogP contribution in [0.5, 0.6) is 0 Å². The number of hydrogen-bond acceptors (Lipinski definition) is 2. The van der Waals surface area contributed by atoms with E-state index in [9.17, 15) is 4.79 Å². The van der Waals surface area contributed by atoms with Gasteiger partial charge in [0.05, 0.1) is 6.61 Å². The summed E-state index contributed by atoms with van der Waals surface area (Å²) >= 11 is 0. The van der Waals surface area contributed by atoms with Crippen molar-refractivity contribution >= 4 is 5.91 Å². The van der Waals surface area contributed by atoms with Crippen molar-refractivity contribution < 1.29 is 9.90 Å². The summed E-state index contributed by atoms with van der Waals surface area (Å²) in [4.78, 5) is 11.5. The molecule has 104 valence electrons. The summed E-state index contributed by atoms with van der Waals surface area (Å²) in [5, 5.41) is 11.3. The zero-order valence-corrected chi connectivity index (χ0v) is 12.1. The van der Waals surface area contributed by atoms with Crippen LogP contribution in [-0.4, -0.2) is 24.2 Å². The predicted octanol–water partition coefficient (Wildman–Crippen LogP) is 2.81. The highest BCUT2D eigenvalue weighted by atomic mass is 16.3. The number of carbonyl (C=O) groups is 1. The molecule has 0 heterocycles. The molecule has 0 aromatic rings. The fourth-order valence-corrected chi connectivity index (χ4v) is 1.55. The average molecular weight is 253 g/mol. The Morgan fingerprint density at radius 1 is 1.28 bits per heavy atom. The van der Waals surface area contributed by atoms with Gasteiger partial charge >= 0.3 is 0 Å². The van der Waals surface area contributed by atoms with Crippen molar-refractivity contribution in [3.8, 4) is 0 Å². The van der Waals surface area contributed by atoms with Crippen LogP contribution in [0.4, 0.5) is 0 Å². The van der Waals surface area contributed by atoms with Gasteiger partial charge in [-0.05, 0) is 46.0 Å². The van der Waals surface area contributed by atoms with Crippen LogP contribution in [-0.2, 0) is 4.79 Å².